The average Bonchev–Trinajstić information content (AvgIpc) is 2.27. The first-order valence-corrected chi connectivity index (χ1v) is 6.35. The lowest BCUT2D eigenvalue weighted by Gasteiger charge is -2.40. The second kappa shape index (κ2) is 5.79. The molecule has 2 amide bonds. The van der Waals surface area contributed by atoms with E-state index in [9.17, 15) is 22.8 Å². The molecule has 4 nitrogen and oxygen atoms in total. The number of nitrogens with zero attached hydrogens (tertiary/aromatic N) is 1. The largest absolute Gasteiger partial charge is 0.390 e. The SMILES string of the molecule is CCC1C(=O)NC(C(C)C)C(=O)N1CCC(F)(F)F. The molecule has 1 heterocycles. The van der Waals surface area contributed by atoms with Crippen LogP contribution in [0.15, 0.2) is 0 Å². The first-order valence-electron chi connectivity index (χ1n) is 6.35. The van der Waals surface area contributed by atoms with Crippen LogP contribution in [0.4, 0.5) is 13.2 Å². The van der Waals surface area contributed by atoms with Crippen molar-refractivity contribution in [1.82, 2.24) is 10.2 Å². The maximum absolute atomic E-state index is 12.3. The molecule has 0 aromatic carbocycles. The standard InChI is InChI=1S/C12H19F3N2O2/c1-4-8-10(18)16-9(7(2)3)11(19)17(8)6-5-12(13,14)15/h7-9H,4-6H2,1-3H3,(H,16,18). The van der Waals surface area contributed by atoms with Crippen molar-refractivity contribution in [3.05, 3.63) is 0 Å². The molecular formula is C12H19F3N2O2. The van der Waals surface area contributed by atoms with Gasteiger partial charge in [-0.3, -0.25) is 9.59 Å². The third-order valence-electron chi connectivity index (χ3n) is 3.22. The Hall–Kier alpha value is -1.27. The van der Waals surface area contributed by atoms with Crippen LogP contribution in [0.25, 0.3) is 0 Å². The first kappa shape index (κ1) is 15.8. The number of piperazine rings is 1. The first-order chi connectivity index (χ1) is 8.67. The number of hydrogen-bond donors (Lipinski definition) is 1. The van der Waals surface area contributed by atoms with Crippen LogP contribution >= 0.6 is 0 Å². The lowest BCUT2D eigenvalue weighted by molar-refractivity contribution is -0.159. The van der Waals surface area contributed by atoms with E-state index < -0.39 is 37.1 Å². The predicted molar refractivity (Wildman–Crippen MR) is 63.2 cm³/mol. The van der Waals surface area contributed by atoms with Crippen molar-refractivity contribution in [3.8, 4) is 0 Å². The minimum absolute atomic E-state index is 0.150. The van der Waals surface area contributed by atoms with E-state index >= 15 is 0 Å². The van der Waals surface area contributed by atoms with Gasteiger partial charge in [-0.05, 0) is 12.3 Å². The molecule has 2 atom stereocenters. The Balaban J connectivity index is 2.87. The third-order valence-corrected chi connectivity index (χ3v) is 3.22. The Morgan fingerprint density at radius 1 is 1.32 bits per heavy atom. The molecule has 0 saturated carbocycles. The van der Waals surface area contributed by atoms with Gasteiger partial charge in [-0.25, -0.2) is 0 Å². The topological polar surface area (TPSA) is 49.4 Å². The van der Waals surface area contributed by atoms with Crippen LogP contribution < -0.4 is 5.32 Å². The minimum atomic E-state index is -4.33. The summed E-state index contributed by atoms with van der Waals surface area (Å²) in [5.74, 6) is -0.948. The van der Waals surface area contributed by atoms with Crippen LogP contribution in [-0.2, 0) is 9.59 Å². The number of hydrogen-bond acceptors (Lipinski definition) is 2. The maximum Gasteiger partial charge on any atom is 0.390 e. The number of nitrogens with one attached hydrogen (secondary N) is 1. The molecule has 0 aliphatic carbocycles. The second-order valence-corrected chi connectivity index (χ2v) is 5.05. The van der Waals surface area contributed by atoms with Crippen molar-refractivity contribution < 1.29 is 22.8 Å². The van der Waals surface area contributed by atoms with Crippen LogP contribution in [0.2, 0.25) is 0 Å². The van der Waals surface area contributed by atoms with Crippen molar-refractivity contribution in [2.24, 2.45) is 5.92 Å². The van der Waals surface area contributed by atoms with Gasteiger partial charge in [0.1, 0.15) is 12.1 Å². The number of rotatable bonds is 4. The predicted octanol–water partition coefficient (Wildman–Crippen LogP) is 1.70. The van der Waals surface area contributed by atoms with Crippen molar-refractivity contribution in [1.29, 1.82) is 0 Å². The fraction of sp³-hybridized carbons (Fsp3) is 0.833. The summed E-state index contributed by atoms with van der Waals surface area (Å²) in [6.45, 7) is 4.71. The van der Waals surface area contributed by atoms with Gasteiger partial charge in [0.15, 0.2) is 0 Å². The summed E-state index contributed by atoms with van der Waals surface area (Å²) in [5, 5.41) is 2.58. The van der Waals surface area contributed by atoms with Gasteiger partial charge >= 0.3 is 6.18 Å². The van der Waals surface area contributed by atoms with Crippen LogP contribution in [0.5, 0.6) is 0 Å². The van der Waals surface area contributed by atoms with E-state index in [0.29, 0.717) is 6.42 Å². The fourth-order valence-electron chi connectivity index (χ4n) is 2.16. The molecule has 1 saturated heterocycles. The average molecular weight is 280 g/mol. The number of alkyl halides is 3. The quantitative estimate of drug-likeness (QED) is 0.852. The Kier molecular flexibility index (Phi) is 4.81. The highest BCUT2D eigenvalue weighted by Gasteiger charge is 2.42. The van der Waals surface area contributed by atoms with Crippen LogP contribution in [0.3, 0.4) is 0 Å². The summed E-state index contributed by atoms with van der Waals surface area (Å²) >= 11 is 0. The summed E-state index contributed by atoms with van der Waals surface area (Å²) in [7, 11) is 0. The van der Waals surface area contributed by atoms with Gasteiger partial charge in [0.25, 0.3) is 0 Å². The molecule has 1 rings (SSSR count). The summed E-state index contributed by atoms with van der Waals surface area (Å²) in [4.78, 5) is 25.0. The highest BCUT2D eigenvalue weighted by Crippen LogP contribution is 2.23. The number of carbonyl (C=O) groups excluding carboxylic acids is 2. The van der Waals surface area contributed by atoms with E-state index in [1.165, 1.54) is 0 Å². The maximum atomic E-state index is 12.3. The normalized spacial score (nSPS) is 24.9. The lowest BCUT2D eigenvalue weighted by atomic mass is 9.97. The van der Waals surface area contributed by atoms with E-state index in [-0.39, 0.29) is 11.8 Å². The van der Waals surface area contributed by atoms with Crippen LogP contribution in [-0.4, -0.2) is 41.5 Å². The van der Waals surface area contributed by atoms with Gasteiger partial charge in [0, 0.05) is 6.54 Å². The zero-order valence-electron chi connectivity index (χ0n) is 11.3. The lowest BCUT2D eigenvalue weighted by Crippen LogP contribution is -2.64. The third kappa shape index (κ3) is 3.84. The molecule has 1 aliphatic heterocycles. The van der Waals surface area contributed by atoms with Gasteiger partial charge in [-0.15, -0.1) is 0 Å². The minimum Gasteiger partial charge on any atom is -0.342 e. The van der Waals surface area contributed by atoms with E-state index in [2.05, 4.69) is 5.32 Å². The van der Waals surface area contributed by atoms with Crippen molar-refractivity contribution >= 4 is 11.8 Å². The molecule has 110 valence electrons. The van der Waals surface area contributed by atoms with E-state index in [1.807, 2.05) is 0 Å². The highest BCUT2D eigenvalue weighted by atomic mass is 19.4. The smallest absolute Gasteiger partial charge is 0.342 e. The Labute approximate surface area is 110 Å². The van der Waals surface area contributed by atoms with Crippen LogP contribution in [0, 0.1) is 5.92 Å². The monoisotopic (exact) mass is 280 g/mol. The molecule has 0 aromatic heterocycles. The molecule has 0 bridgehead atoms. The second-order valence-electron chi connectivity index (χ2n) is 5.05. The van der Waals surface area contributed by atoms with Crippen molar-refractivity contribution in [3.63, 3.8) is 0 Å². The Morgan fingerprint density at radius 2 is 1.89 bits per heavy atom. The zero-order chi connectivity index (χ0) is 14.8. The fourth-order valence-corrected chi connectivity index (χ4v) is 2.16. The summed E-state index contributed by atoms with van der Waals surface area (Å²) in [6.07, 6.45) is -5.12. The van der Waals surface area contributed by atoms with Gasteiger partial charge < -0.3 is 10.2 Å². The van der Waals surface area contributed by atoms with Gasteiger partial charge in [0.2, 0.25) is 11.8 Å². The highest BCUT2D eigenvalue weighted by molar-refractivity contribution is 5.97. The number of carbonyl (C=O) groups is 2. The van der Waals surface area contributed by atoms with Crippen LogP contribution in [0.1, 0.15) is 33.6 Å². The molecule has 1 fully saturated rings. The molecule has 7 heteroatoms. The van der Waals surface area contributed by atoms with E-state index in [0.717, 1.165) is 4.90 Å². The molecule has 1 aliphatic rings. The van der Waals surface area contributed by atoms with E-state index in [4.69, 9.17) is 0 Å². The Bertz CT molecular complexity index is 355. The molecule has 0 radical (unpaired) electrons. The molecule has 0 spiro atoms. The van der Waals surface area contributed by atoms with Crippen molar-refractivity contribution in [2.75, 3.05) is 6.54 Å². The molecule has 1 N–H and O–H groups in total. The summed E-state index contributed by atoms with van der Waals surface area (Å²) < 4.78 is 36.8. The summed E-state index contributed by atoms with van der Waals surface area (Å²) in [5.41, 5.74) is 0. The zero-order valence-corrected chi connectivity index (χ0v) is 11.3. The van der Waals surface area contributed by atoms with E-state index in [1.54, 1.807) is 20.8 Å². The number of halogens is 3. The Morgan fingerprint density at radius 3 is 2.32 bits per heavy atom. The van der Waals surface area contributed by atoms with Gasteiger partial charge in [-0.1, -0.05) is 20.8 Å². The molecule has 2 unspecified atom stereocenters. The summed E-state index contributed by atoms with van der Waals surface area (Å²) in [6, 6.07) is -1.53. The van der Waals surface area contributed by atoms with Gasteiger partial charge in [-0.2, -0.15) is 13.2 Å². The molecular weight excluding hydrogens is 261 g/mol. The molecule has 0 aromatic rings. The number of amides is 2. The van der Waals surface area contributed by atoms with Gasteiger partial charge in [0.05, 0.1) is 6.42 Å². The van der Waals surface area contributed by atoms with Crippen molar-refractivity contribution in [2.45, 2.75) is 51.9 Å². The molecule has 19 heavy (non-hydrogen) atoms.